The molecule has 204 valence electrons. The number of halogens is 1. The molecule has 5 rings (SSSR count). The maximum atomic E-state index is 13.1. The van der Waals surface area contributed by atoms with E-state index in [0.717, 1.165) is 65.5 Å². The summed E-state index contributed by atoms with van der Waals surface area (Å²) in [6.07, 6.45) is 0. The van der Waals surface area contributed by atoms with E-state index in [1.807, 2.05) is 86.6 Å². The zero-order valence-electron chi connectivity index (χ0n) is 22.7. The van der Waals surface area contributed by atoms with Gasteiger partial charge in [-0.3, -0.25) is 9.59 Å². The Kier molecular flexibility index (Phi) is 8.48. The Labute approximate surface area is 239 Å². The molecule has 6 nitrogen and oxygen atoms in total. The maximum absolute atomic E-state index is 13.1. The van der Waals surface area contributed by atoms with Gasteiger partial charge in [0.1, 0.15) is 0 Å². The lowest BCUT2D eigenvalue weighted by Gasteiger charge is -2.28. The van der Waals surface area contributed by atoms with Crippen LogP contribution in [0.1, 0.15) is 37.4 Å². The summed E-state index contributed by atoms with van der Waals surface area (Å²) < 4.78 is 5.42. The molecule has 1 heterocycles. The van der Waals surface area contributed by atoms with Crippen LogP contribution in [0.5, 0.6) is 0 Å². The van der Waals surface area contributed by atoms with Gasteiger partial charge in [0.15, 0.2) is 0 Å². The molecule has 0 atom stereocenters. The highest BCUT2D eigenvalue weighted by Crippen LogP contribution is 2.26. The fraction of sp³-hybridized carbons (Fsp3) is 0.212. The van der Waals surface area contributed by atoms with Crippen LogP contribution in [-0.4, -0.2) is 38.1 Å². The number of nitrogens with zero attached hydrogens (tertiary/aromatic N) is 1. The first kappa shape index (κ1) is 27.4. The largest absolute Gasteiger partial charge is 0.378 e. The van der Waals surface area contributed by atoms with Crippen molar-refractivity contribution in [1.29, 1.82) is 0 Å². The molecule has 1 saturated heterocycles. The molecule has 2 N–H and O–H groups in total. The van der Waals surface area contributed by atoms with Crippen LogP contribution in [0.4, 0.5) is 11.4 Å². The van der Waals surface area contributed by atoms with Gasteiger partial charge >= 0.3 is 0 Å². The van der Waals surface area contributed by atoms with Crippen LogP contribution in [0, 0.1) is 13.8 Å². The second kappa shape index (κ2) is 12.4. The van der Waals surface area contributed by atoms with Gasteiger partial charge < -0.3 is 20.3 Å². The summed E-state index contributed by atoms with van der Waals surface area (Å²) in [5.41, 5.74) is 7.86. The molecular weight excluding hydrogens is 522 g/mol. The maximum Gasteiger partial charge on any atom is 0.255 e. The number of ether oxygens (including phenoxy) is 1. The number of morpholine rings is 1. The minimum absolute atomic E-state index is 0.160. The van der Waals surface area contributed by atoms with E-state index in [-0.39, 0.29) is 11.8 Å². The van der Waals surface area contributed by atoms with E-state index >= 15 is 0 Å². The lowest BCUT2D eigenvalue weighted by Crippen LogP contribution is -2.36. The van der Waals surface area contributed by atoms with Crippen molar-refractivity contribution in [3.8, 4) is 11.1 Å². The SMILES string of the molecule is Cc1ccc(CNC(=O)c2ccc(-c3cc(C(=O)Nc4ccc(N5CCOCC5)cc4)ccc3C)cc2)cc1Cl. The lowest BCUT2D eigenvalue weighted by molar-refractivity contribution is 0.0950. The Morgan fingerprint density at radius 1 is 0.800 bits per heavy atom. The average molecular weight is 554 g/mol. The van der Waals surface area contributed by atoms with Crippen LogP contribution < -0.4 is 15.5 Å². The molecule has 0 radical (unpaired) electrons. The van der Waals surface area contributed by atoms with Crippen molar-refractivity contribution in [3.05, 3.63) is 118 Å². The van der Waals surface area contributed by atoms with E-state index in [1.165, 1.54) is 0 Å². The third-order valence-electron chi connectivity index (χ3n) is 7.15. The number of nitrogens with one attached hydrogen (secondary N) is 2. The van der Waals surface area contributed by atoms with Gasteiger partial charge in [-0.05, 0) is 96.3 Å². The predicted molar refractivity (Wildman–Crippen MR) is 161 cm³/mol. The number of amides is 2. The second-order valence-corrected chi connectivity index (χ2v) is 10.4. The van der Waals surface area contributed by atoms with E-state index in [4.69, 9.17) is 16.3 Å². The van der Waals surface area contributed by atoms with Crippen molar-refractivity contribution in [2.75, 3.05) is 36.5 Å². The quantitative estimate of drug-likeness (QED) is 0.269. The van der Waals surface area contributed by atoms with E-state index in [9.17, 15) is 9.59 Å². The van der Waals surface area contributed by atoms with Crippen molar-refractivity contribution in [3.63, 3.8) is 0 Å². The predicted octanol–water partition coefficient (Wildman–Crippen LogP) is 6.64. The Morgan fingerprint density at radius 2 is 1.48 bits per heavy atom. The van der Waals surface area contributed by atoms with Crippen molar-refractivity contribution in [1.82, 2.24) is 5.32 Å². The Bertz CT molecular complexity index is 1510. The molecule has 0 aliphatic carbocycles. The molecule has 0 unspecified atom stereocenters. The number of hydrogen-bond acceptors (Lipinski definition) is 4. The van der Waals surface area contributed by atoms with E-state index in [1.54, 1.807) is 12.1 Å². The molecule has 7 heteroatoms. The Hall–Kier alpha value is -4.13. The van der Waals surface area contributed by atoms with Gasteiger partial charge in [0.2, 0.25) is 0 Å². The molecule has 0 aromatic heterocycles. The highest BCUT2D eigenvalue weighted by Gasteiger charge is 2.14. The molecular formula is C33H32ClN3O3. The van der Waals surface area contributed by atoms with E-state index in [2.05, 4.69) is 15.5 Å². The monoisotopic (exact) mass is 553 g/mol. The molecule has 40 heavy (non-hydrogen) atoms. The van der Waals surface area contributed by atoms with Crippen molar-refractivity contribution < 1.29 is 14.3 Å². The van der Waals surface area contributed by atoms with Crippen LogP contribution >= 0.6 is 11.6 Å². The van der Waals surface area contributed by atoms with Gasteiger partial charge in [-0.2, -0.15) is 0 Å². The van der Waals surface area contributed by atoms with Gasteiger partial charge in [-0.15, -0.1) is 0 Å². The van der Waals surface area contributed by atoms with Crippen LogP contribution in [-0.2, 0) is 11.3 Å². The van der Waals surface area contributed by atoms with Crippen LogP contribution in [0.15, 0.2) is 84.9 Å². The Morgan fingerprint density at radius 3 is 2.17 bits per heavy atom. The number of benzene rings is 4. The molecule has 0 bridgehead atoms. The summed E-state index contributed by atoms with van der Waals surface area (Å²) in [7, 11) is 0. The summed E-state index contributed by atoms with van der Waals surface area (Å²) >= 11 is 6.20. The summed E-state index contributed by atoms with van der Waals surface area (Å²) in [4.78, 5) is 28.0. The van der Waals surface area contributed by atoms with E-state index < -0.39 is 0 Å². The van der Waals surface area contributed by atoms with Gasteiger partial charge in [0, 0.05) is 47.2 Å². The van der Waals surface area contributed by atoms with Crippen molar-refractivity contribution in [2.24, 2.45) is 0 Å². The highest BCUT2D eigenvalue weighted by molar-refractivity contribution is 6.31. The second-order valence-electron chi connectivity index (χ2n) is 9.97. The summed E-state index contributed by atoms with van der Waals surface area (Å²) in [5.74, 6) is -0.333. The van der Waals surface area contributed by atoms with Crippen molar-refractivity contribution >= 4 is 34.8 Å². The van der Waals surface area contributed by atoms with Gasteiger partial charge in [-0.25, -0.2) is 0 Å². The first-order chi connectivity index (χ1) is 19.4. The fourth-order valence-electron chi connectivity index (χ4n) is 4.69. The molecule has 0 saturated carbocycles. The molecule has 4 aromatic rings. The van der Waals surface area contributed by atoms with Crippen LogP contribution in [0.3, 0.4) is 0 Å². The van der Waals surface area contributed by atoms with Gasteiger partial charge in [0.25, 0.3) is 11.8 Å². The minimum Gasteiger partial charge on any atom is -0.378 e. The standard InChI is InChI=1S/C33H32ClN3O3/c1-22-4-6-27(33(39)36-28-11-13-29(14-12-28)37-15-17-40-18-16-37)20-30(22)25-7-9-26(10-8-25)32(38)35-21-24-5-3-23(2)31(34)19-24/h3-14,19-20H,15-18,21H2,1-2H3,(H,35,38)(H,36,39). The molecule has 4 aromatic carbocycles. The molecule has 1 aliphatic heterocycles. The van der Waals surface area contributed by atoms with Crippen LogP contribution in [0.25, 0.3) is 11.1 Å². The number of aryl methyl sites for hydroxylation is 2. The highest BCUT2D eigenvalue weighted by atomic mass is 35.5. The topological polar surface area (TPSA) is 70.7 Å². The molecule has 0 spiro atoms. The third kappa shape index (κ3) is 6.53. The summed E-state index contributed by atoms with van der Waals surface area (Å²) in [5, 5.41) is 6.63. The number of anilines is 2. The first-order valence-electron chi connectivity index (χ1n) is 13.4. The third-order valence-corrected chi connectivity index (χ3v) is 7.56. The fourth-order valence-corrected chi connectivity index (χ4v) is 4.89. The van der Waals surface area contributed by atoms with Gasteiger partial charge in [-0.1, -0.05) is 41.9 Å². The number of carbonyl (C=O) groups is 2. The lowest BCUT2D eigenvalue weighted by atomic mass is 9.97. The summed E-state index contributed by atoms with van der Waals surface area (Å²) in [6.45, 7) is 7.54. The zero-order chi connectivity index (χ0) is 28.1. The van der Waals surface area contributed by atoms with Crippen molar-refractivity contribution in [2.45, 2.75) is 20.4 Å². The van der Waals surface area contributed by atoms with Gasteiger partial charge in [0.05, 0.1) is 13.2 Å². The minimum atomic E-state index is -0.174. The number of hydrogen-bond donors (Lipinski definition) is 2. The van der Waals surface area contributed by atoms with Crippen LogP contribution in [0.2, 0.25) is 5.02 Å². The molecule has 1 aliphatic rings. The number of carbonyl (C=O) groups excluding carboxylic acids is 2. The number of rotatable bonds is 7. The summed E-state index contributed by atoms with van der Waals surface area (Å²) in [6, 6.07) is 26.7. The molecule has 2 amide bonds. The average Bonchev–Trinajstić information content (AvgIpc) is 2.99. The molecule has 1 fully saturated rings. The zero-order valence-corrected chi connectivity index (χ0v) is 23.4. The Balaban J connectivity index is 1.23. The smallest absolute Gasteiger partial charge is 0.255 e. The first-order valence-corrected chi connectivity index (χ1v) is 13.7. The van der Waals surface area contributed by atoms with E-state index in [0.29, 0.717) is 22.7 Å². The normalized spacial score (nSPS) is 13.1.